The van der Waals surface area contributed by atoms with Gasteiger partial charge in [-0.3, -0.25) is 0 Å². The maximum absolute atomic E-state index is 12.4. The summed E-state index contributed by atoms with van der Waals surface area (Å²) in [6, 6.07) is 11.4. The second-order valence-electron chi connectivity index (χ2n) is 8.94. The van der Waals surface area contributed by atoms with Crippen LogP contribution in [0.4, 0.5) is 10.5 Å². The number of piperazine rings is 1. The molecule has 0 unspecified atom stereocenters. The molecule has 3 aromatic rings. The molecular formula is C24H28N6O3. The largest absolute Gasteiger partial charge is 0.477 e. The molecule has 2 fully saturated rings. The highest BCUT2D eigenvalue weighted by Gasteiger charge is 2.31. The number of fused-ring (bicyclic) bond motifs is 1. The molecule has 1 aliphatic heterocycles. The normalized spacial score (nSPS) is 16.7. The standard InChI is InChI=1S/C24H28N6O3/c1-27(2)24(33)29-13-11-28(12-14-29)19-15-18(23(31)32)25-22-20(19)21(16-7-6-8-16)26-30(22)17-9-4-3-5-10-17/h3-5,9-10,15-16H,6-8,11-14H2,1-2H3,(H,31,32). The van der Waals surface area contributed by atoms with Crippen molar-refractivity contribution in [3.8, 4) is 5.69 Å². The number of aromatic carboxylic acids is 1. The Morgan fingerprint density at radius 2 is 1.76 bits per heavy atom. The van der Waals surface area contributed by atoms with Crippen molar-refractivity contribution < 1.29 is 14.7 Å². The van der Waals surface area contributed by atoms with Crippen molar-refractivity contribution in [3.05, 3.63) is 47.8 Å². The Kier molecular flexibility index (Phi) is 5.39. The molecule has 33 heavy (non-hydrogen) atoms. The van der Waals surface area contributed by atoms with E-state index in [1.165, 1.54) is 6.42 Å². The fraction of sp³-hybridized carbons (Fsp3) is 0.417. The minimum absolute atomic E-state index is 0.00142. The summed E-state index contributed by atoms with van der Waals surface area (Å²) in [4.78, 5) is 34.5. The molecule has 0 spiro atoms. The van der Waals surface area contributed by atoms with E-state index in [4.69, 9.17) is 5.10 Å². The van der Waals surface area contributed by atoms with Gasteiger partial charge in [0.1, 0.15) is 0 Å². The third-order valence-electron chi connectivity index (χ3n) is 6.63. The van der Waals surface area contributed by atoms with Crippen LogP contribution >= 0.6 is 0 Å². The average Bonchev–Trinajstić information content (AvgIpc) is 3.16. The molecule has 2 amide bonds. The smallest absolute Gasteiger partial charge is 0.354 e. The fourth-order valence-corrected chi connectivity index (χ4v) is 4.62. The molecule has 172 valence electrons. The summed E-state index contributed by atoms with van der Waals surface area (Å²) < 4.78 is 1.78. The van der Waals surface area contributed by atoms with E-state index in [0.717, 1.165) is 35.3 Å². The molecule has 0 radical (unpaired) electrons. The molecule has 1 aromatic carbocycles. The van der Waals surface area contributed by atoms with Gasteiger partial charge in [-0.15, -0.1) is 0 Å². The fourth-order valence-electron chi connectivity index (χ4n) is 4.62. The molecular weight excluding hydrogens is 420 g/mol. The van der Waals surface area contributed by atoms with Crippen molar-refractivity contribution in [2.24, 2.45) is 0 Å². The third-order valence-corrected chi connectivity index (χ3v) is 6.63. The second kappa shape index (κ2) is 8.38. The molecule has 2 aromatic heterocycles. The van der Waals surface area contributed by atoms with E-state index in [0.29, 0.717) is 37.7 Å². The number of hydrogen-bond acceptors (Lipinski definition) is 5. The summed E-state index contributed by atoms with van der Waals surface area (Å²) in [6.07, 6.45) is 3.32. The van der Waals surface area contributed by atoms with Crippen LogP contribution in [0.2, 0.25) is 0 Å². The molecule has 1 saturated heterocycles. The first-order valence-corrected chi connectivity index (χ1v) is 11.4. The maximum Gasteiger partial charge on any atom is 0.354 e. The van der Waals surface area contributed by atoms with E-state index in [1.54, 1.807) is 29.7 Å². The summed E-state index contributed by atoms with van der Waals surface area (Å²) in [5.74, 6) is -0.712. The van der Waals surface area contributed by atoms with E-state index in [2.05, 4.69) is 9.88 Å². The summed E-state index contributed by atoms with van der Waals surface area (Å²) in [5, 5.41) is 15.7. The molecule has 5 rings (SSSR count). The highest BCUT2D eigenvalue weighted by molar-refractivity contribution is 5.98. The van der Waals surface area contributed by atoms with E-state index in [1.807, 2.05) is 35.2 Å². The number of hydrogen-bond donors (Lipinski definition) is 1. The highest BCUT2D eigenvalue weighted by Crippen LogP contribution is 2.42. The zero-order chi connectivity index (χ0) is 23.1. The number of carboxylic acid groups (broad SMARTS) is 1. The molecule has 1 saturated carbocycles. The zero-order valence-electron chi connectivity index (χ0n) is 18.9. The van der Waals surface area contributed by atoms with Crippen LogP contribution in [0.5, 0.6) is 0 Å². The number of amides is 2. The first-order valence-electron chi connectivity index (χ1n) is 11.4. The first-order chi connectivity index (χ1) is 15.9. The number of aromatic nitrogens is 3. The quantitative estimate of drug-likeness (QED) is 0.659. The Labute approximate surface area is 192 Å². The van der Waals surface area contributed by atoms with E-state index in [9.17, 15) is 14.7 Å². The summed E-state index contributed by atoms with van der Waals surface area (Å²) in [7, 11) is 3.51. The van der Waals surface area contributed by atoms with Crippen LogP contribution in [0.3, 0.4) is 0 Å². The van der Waals surface area contributed by atoms with Gasteiger partial charge in [0.2, 0.25) is 0 Å². The van der Waals surface area contributed by atoms with Crippen molar-refractivity contribution >= 4 is 28.7 Å². The Balaban J connectivity index is 1.63. The van der Waals surface area contributed by atoms with Crippen LogP contribution in [0.25, 0.3) is 16.7 Å². The van der Waals surface area contributed by atoms with E-state index < -0.39 is 5.97 Å². The predicted molar refractivity (Wildman–Crippen MR) is 125 cm³/mol. The van der Waals surface area contributed by atoms with Crippen LogP contribution in [0, 0.1) is 0 Å². The Morgan fingerprint density at radius 1 is 1.06 bits per heavy atom. The van der Waals surface area contributed by atoms with Crippen molar-refractivity contribution in [3.63, 3.8) is 0 Å². The average molecular weight is 449 g/mol. The molecule has 9 heteroatoms. The Morgan fingerprint density at radius 3 is 2.33 bits per heavy atom. The number of rotatable bonds is 4. The molecule has 0 atom stereocenters. The highest BCUT2D eigenvalue weighted by atomic mass is 16.4. The molecule has 2 aliphatic rings. The lowest BCUT2D eigenvalue weighted by Gasteiger charge is -2.37. The van der Waals surface area contributed by atoms with Gasteiger partial charge < -0.3 is 19.8 Å². The third kappa shape index (κ3) is 3.77. The number of nitrogens with zero attached hydrogens (tertiary/aromatic N) is 6. The number of urea groups is 1. The number of carboxylic acids is 1. The minimum Gasteiger partial charge on any atom is -0.477 e. The molecule has 9 nitrogen and oxygen atoms in total. The number of carbonyl (C=O) groups excluding carboxylic acids is 1. The van der Waals surface area contributed by atoms with Crippen molar-refractivity contribution in [1.82, 2.24) is 24.6 Å². The second-order valence-corrected chi connectivity index (χ2v) is 8.94. The van der Waals surface area contributed by atoms with Crippen LogP contribution in [-0.2, 0) is 0 Å². The molecule has 0 bridgehead atoms. The molecule has 3 heterocycles. The number of anilines is 1. The van der Waals surface area contributed by atoms with Gasteiger partial charge >= 0.3 is 12.0 Å². The van der Waals surface area contributed by atoms with Crippen LogP contribution < -0.4 is 4.90 Å². The van der Waals surface area contributed by atoms with E-state index >= 15 is 0 Å². The van der Waals surface area contributed by atoms with Crippen molar-refractivity contribution in [1.29, 1.82) is 0 Å². The maximum atomic E-state index is 12.4. The lowest BCUT2D eigenvalue weighted by Crippen LogP contribution is -2.51. The van der Waals surface area contributed by atoms with Gasteiger partial charge in [0.05, 0.1) is 22.5 Å². The van der Waals surface area contributed by atoms with Gasteiger partial charge in [0.25, 0.3) is 0 Å². The van der Waals surface area contributed by atoms with Gasteiger partial charge in [0, 0.05) is 46.2 Å². The SMILES string of the molecule is CN(C)C(=O)N1CCN(c2cc(C(=O)O)nc3c2c(C2CCC2)nn3-c2ccccc2)CC1. The minimum atomic E-state index is -1.06. The summed E-state index contributed by atoms with van der Waals surface area (Å²) in [6.45, 7) is 2.40. The summed E-state index contributed by atoms with van der Waals surface area (Å²) >= 11 is 0. The topological polar surface area (TPSA) is 94.8 Å². The van der Waals surface area contributed by atoms with Crippen LogP contribution in [0.1, 0.15) is 41.4 Å². The molecule has 1 aliphatic carbocycles. The number of benzene rings is 1. The lowest BCUT2D eigenvalue weighted by atomic mass is 9.82. The monoisotopic (exact) mass is 448 g/mol. The van der Waals surface area contributed by atoms with Gasteiger partial charge in [-0.1, -0.05) is 24.6 Å². The van der Waals surface area contributed by atoms with Gasteiger partial charge in [-0.05, 0) is 31.0 Å². The van der Waals surface area contributed by atoms with Crippen molar-refractivity contribution in [2.45, 2.75) is 25.2 Å². The van der Waals surface area contributed by atoms with Crippen molar-refractivity contribution in [2.75, 3.05) is 45.2 Å². The van der Waals surface area contributed by atoms with Gasteiger partial charge in [0.15, 0.2) is 11.3 Å². The Hall–Kier alpha value is -3.62. The van der Waals surface area contributed by atoms with Gasteiger partial charge in [-0.2, -0.15) is 5.10 Å². The Bertz CT molecular complexity index is 1190. The van der Waals surface area contributed by atoms with E-state index in [-0.39, 0.29) is 11.7 Å². The predicted octanol–water partition coefficient (Wildman–Crippen LogP) is 3.19. The molecule has 1 N–H and O–H groups in total. The number of pyridine rings is 1. The number of carbonyl (C=O) groups is 2. The van der Waals surface area contributed by atoms with Crippen LogP contribution in [0.15, 0.2) is 36.4 Å². The first kappa shape index (κ1) is 21.2. The lowest BCUT2D eigenvalue weighted by molar-refractivity contribution is 0.0691. The van der Waals surface area contributed by atoms with Crippen LogP contribution in [-0.4, -0.2) is 81.9 Å². The zero-order valence-corrected chi connectivity index (χ0v) is 18.9. The van der Waals surface area contributed by atoms with Gasteiger partial charge in [-0.25, -0.2) is 19.3 Å². The number of para-hydroxylation sites is 1. The summed E-state index contributed by atoms with van der Waals surface area (Å²) in [5.41, 5.74) is 3.27.